The predicted octanol–water partition coefficient (Wildman–Crippen LogP) is 7.52. The molecule has 1 aliphatic heterocycles. The van der Waals surface area contributed by atoms with Crippen molar-refractivity contribution in [3.63, 3.8) is 0 Å². The molecule has 1 aliphatic rings. The Bertz CT molecular complexity index is 847. The summed E-state index contributed by atoms with van der Waals surface area (Å²) in [4.78, 5) is 2.56. The van der Waals surface area contributed by atoms with Gasteiger partial charge in [-0.3, -0.25) is 0 Å². The van der Waals surface area contributed by atoms with E-state index in [-0.39, 0.29) is 0 Å². The van der Waals surface area contributed by atoms with Gasteiger partial charge in [-0.1, -0.05) is 52.3 Å². The molecule has 3 nitrogen and oxygen atoms in total. The third kappa shape index (κ3) is 8.28. The van der Waals surface area contributed by atoms with Gasteiger partial charge >= 0.3 is 0 Å². The Balaban J connectivity index is 1.54. The van der Waals surface area contributed by atoms with Crippen LogP contribution in [0.3, 0.4) is 0 Å². The van der Waals surface area contributed by atoms with Crippen molar-refractivity contribution in [3.8, 4) is 11.5 Å². The van der Waals surface area contributed by atoms with Crippen LogP contribution in [0.2, 0.25) is 0 Å². The van der Waals surface area contributed by atoms with E-state index in [0.29, 0.717) is 11.3 Å². The molecule has 181 valence electrons. The predicted molar refractivity (Wildman–Crippen MR) is 141 cm³/mol. The first-order valence-electron chi connectivity index (χ1n) is 12.8. The Morgan fingerprint density at radius 3 is 2.52 bits per heavy atom. The molecule has 1 saturated heterocycles. The molecule has 0 bridgehead atoms. The third-order valence-corrected chi connectivity index (χ3v) is 6.67. The van der Waals surface area contributed by atoms with E-state index in [1.165, 1.54) is 42.5 Å². The van der Waals surface area contributed by atoms with Gasteiger partial charge in [0.2, 0.25) is 0 Å². The topological polar surface area (TPSA) is 21.7 Å². The molecule has 3 heteroatoms. The number of unbranched alkanes of at least 4 members (excludes halogenated alkanes) is 1. The second-order valence-electron chi connectivity index (χ2n) is 10.7. The van der Waals surface area contributed by atoms with Crippen molar-refractivity contribution in [1.29, 1.82) is 0 Å². The van der Waals surface area contributed by atoms with Crippen LogP contribution >= 0.6 is 0 Å². The van der Waals surface area contributed by atoms with Crippen LogP contribution in [0.1, 0.15) is 70.9 Å². The standard InChI is InChI=1S/C30H44NO2/c1-6-7-10-24-11-8-13-28(21-24)33-23-25-16-19-31(20-17-25)29-22-27(32-5)15-14-26(29)12-9-18-30(2,3)4/h7-8,11,13-15,21-22,25H,6,9-10,12,16-20,23H2,1-5H3. The van der Waals surface area contributed by atoms with E-state index < -0.39 is 0 Å². The molecule has 1 radical (unpaired) electrons. The first kappa shape index (κ1) is 25.5. The van der Waals surface area contributed by atoms with Crippen molar-refractivity contribution in [1.82, 2.24) is 0 Å². The Morgan fingerprint density at radius 1 is 1.03 bits per heavy atom. The molecule has 33 heavy (non-hydrogen) atoms. The van der Waals surface area contributed by atoms with Crippen molar-refractivity contribution in [3.05, 3.63) is 60.0 Å². The van der Waals surface area contributed by atoms with Crippen molar-refractivity contribution in [2.24, 2.45) is 11.3 Å². The zero-order valence-corrected chi connectivity index (χ0v) is 21.5. The highest BCUT2D eigenvalue weighted by Gasteiger charge is 2.22. The highest BCUT2D eigenvalue weighted by molar-refractivity contribution is 5.57. The minimum Gasteiger partial charge on any atom is -0.497 e. The van der Waals surface area contributed by atoms with Gasteiger partial charge in [0.15, 0.2) is 0 Å². The summed E-state index contributed by atoms with van der Waals surface area (Å²) >= 11 is 0. The summed E-state index contributed by atoms with van der Waals surface area (Å²) in [5.41, 5.74) is 4.54. The van der Waals surface area contributed by atoms with Gasteiger partial charge < -0.3 is 14.4 Å². The van der Waals surface area contributed by atoms with E-state index >= 15 is 0 Å². The number of anilines is 1. The first-order chi connectivity index (χ1) is 15.9. The largest absolute Gasteiger partial charge is 0.497 e. The maximum atomic E-state index is 6.20. The van der Waals surface area contributed by atoms with Crippen LogP contribution in [0.4, 0.5) is 5.69 Å². The van der Waals surface area contributed by atoms with Gasteiger partial charge in [-0.05, 0) is 85.6 Å². The molecule has 0 amide bonds. The summed E-state index contributed by atoms with van der Waals surface area (Å²) in [6.45, 7) is 12.1. The van der Waals surface area contributed by atoms with Crippen LogP contribution in [0.25, 0.3) is 0 Å². The number of hydrogen-bond donors (Lipinski definition) is 0. The van der Waals surface area contributed by atoms with Crippen molar-refractivity contribution in [2.45, 2.75) is 72.6 Å². The Labute approximate surface area is 202 Å². The van der Waals surface area contributed by atoms with Crippen LogP contribution in [-0.2, 0) is 12.8 Å². The average molecular weight is 451 g/mol. The van der Waals surface area contributed by atoms with Crippen LogP contribution in [0.5, 0.6) is 11.5 Å². The lowest BCUT2D eigenvalue weighted by atomic mass is 9.88. The molecule has 1 fully saturated rings. The van der Waals surface area contributed by atoms with E-state index in [9.17, 15) is 0 Å². The molecule has 0 N–H and O–H groups in total. The molecule has 0 aliphatic carbocycles. The fraction of sp³-hybridized carbons (Fsp3) is 0.567. The molecule has 1 heterocycles. The molecule has 2 aromatic carbocycles. The zero-order chi connectivity index (χ0) is 23.7. The number of rotatable bonds is 11. The molecule has 0 saturated carbocycles. The summed E-state index contributed by atoms with van der Waals surface area (Å²) in [5.74, 6) is 2.57. The molecule has 0 atom stereocenters. The van der Waals surface area contributed by atoms with Gasteiger partial charge in [0.25, 0.3) is 0 Å². The number of methoxy groups -OCH3 is 1. The fourth-order valence-electron chi connectivity index (χ4n) is 4.61. The molecule has 0 unspecified atom stereocenters. The van der Waals surface area contributed by atoms with Gasteiger partial charge in [-0.25, -0.2) is 0 Å². The maximum absolute atomic E-state index is 6.20. The second kappa shape index (κ2) is 12.3. The smallest absolute Gasteiger partial charge is 0.120 e. The van der Waals surface area contributed by atoms with Crippen LogP contribution in [0, 0.1) is 17.8 Å². The molecule has 3 rings (SSSR count). The van der Waals surface area contributed by atoms with Crippen LogP contribution < -0.4 is 14.4 Å². The van der Waals surface area contributed by atoms with Crippen LogP contribution in [0.15, 0.2) is 42.5 Å². The number of aryl methyl sites for hydroxylation is 1. The van der Waals surface area contributed by atoms with E-state index in [1.807, 2.05) is 0 Å². The maximum Gasteiger partial charge on any atom is 0.120 e. The zero-order valence-electron chi connectivity index (χ0n) is 21.5. The fourth-order valence-corrected chi connectivity index (χ4v) is 4.61. The lowest BCUT2D eigenvalue weighted by Crippen LogP contribution is -2.36. The normalized spacial score (nSPS) is 15.0. The summed E-state index contributed by atoms with van der Waals surface area (Å²) < 4.78 is 11.8. The molecule has 0 spiro atoms. The lowest BCUT2D eigenvalue weighted by Gasteiger charge is -2.35. The third-order valence-electron chi connectivity index (χ3n) is 6.67. The van der Waals surface area contributed by atoms with Crippen molar-refractivity contribution < 1.29 is 9.47 Å². The SMILES string of the molecule is CC[CH]Cc1cccc(OCC2CCN(c3cc(OC)ccc3CCCC(C)(C)C)CC2)c1. The number of piperidine rings is 1. The van der Waals surface area contributed by atoms with Crippen molar-refractivity contribution >= 4 is 5.69 Å². The average Bonchev–Trinajstić information content (AvgIpc) is 2.81. The summed E-state index contributed by atoms with van der Waals surface area (Å²) in [7, 11) is 1.76. The van der Waals surface area contributed by atoms with Crippen LogP contribution in [-0.4, -0.2) is 26.8 Å². The summed E-state index contributed by atoms with van der Waals surface area (Å²) in [5, 5.41) is 0. The van der Waals surface area contributed by atoms with Gasteiger partial charge in [0.1, 0.15) is 11.5 Å². The van der Waals surface area contributed by atoms with Gasteiger partial charge in [0, 0.05) is 24.8 Å². The Morgan fingerprint density at radius 2 is 1.82 bits per heavy atom. The summed E-state index contributed by atoms with van der Waals surface area (Å²) in [6.07, 6.45) is 10.4. The minimum atomic E-state index is 0.388. The number of benzene rings is 2. The van der Waals surface area contributed by atoms with E-state index in [0.717, 1.165) is 50.5 Å². The van der Waals surface area contributed by atoms with Gasteiger partial charge in [-0.2, -0.15) is 0 Å². The number of nitrogens with zero attached hydrogens (tertiary/aromatic N) is 1. The lowest BCUT2D eigenvalue weighted by molar-refractivity contribution is 0.222. The molecule has 0 aromatic heterocycles. The molecular formula is C30H44NO2. The van der Waals surface area contributed by atoms with E-state index in [1.54, 1.807) is 7.11 Å². The monoisotopic (exact) mass is 450 g/mol. The second-order valence-corrected chi connectivity index (χ2v) is 10.7. The number of ether oxygens (including phenoxy) is 2. The van der Waals surface area contributed by atoms with E-state index in [2.05, 4.69) is 81.5 Å². The summed E-state index contributed by atoms with van der Waals surface area (Å²) in [6, 6.07) is 15.2. The van der Waals surface area contributed by atoms with Crippen molar-refractivity contribution in [2.75, 3.05) is 31.7 Å². The van der Waals surface area contributed by atoms with Gasteiger partial charge in [-0.15, -0.1) is 0 Å². The Kier molecular flexibility index (Phi) is 9.52. The number of hydrogen-bond acceptors (Lipinski definition) is 3. The molecule has 2 aromatic rings. The minimum absolute atomic E-state index is 0.388. The first-order valence-corrected chi connectivity index (χ1v) is 12.8. The van der Waals surface area contributed by atoms with E-state index in [4.69, 9.17) is 9.47 Å². The quantitative estimate of drug-likeness (QED) is 0.353. The van der Waals surface area contributed by atoms with Gasteiger partial charge in [0.05, 0.1) is 13.7 Å². The molecular weight excluding hydrogens is 406 g/mol. The Hall–Kier alpha value is -2.16. The highest BCUT2D eigenvalue weighted by Crippen LogP contribution is 2.32. The highest BCUT2D eigenvalue weighted by atomic mass is 16.5.